The van der Waals surface area contributed by atoms with Crippen LogP contribution >= 0.6 is 0 Å². The molecule has 1 aliphatic carbocycles. The number of amidine groups is 1. The average Bonchev–Trinajstić information content (AvgIpc) is 3.52. The van der Waals surface area contributed by atoms with Crippen LogP contribution in [0, 0.1) is 10.8 Å². The molecule has 0 bridgehead atoms. The fraction of sp³-hybridized carbons (Fsp3) is 0.178. The van der Waals surface area contributed by atoms with Gasteiger partial charge in [-0.25, -0.2) is 9.98 Å². The minimum atomic E-state index is -0.306. The van der Waals surface area contributed by atoms with Gasteiger partial charge in [0.25, 0.3) is 0 Å². The number of allylic oxidation sites excluding steroid dienone is 4. The van der Waals surface area contributed by atoms with Crippen LogP contribution in [-0.2, 0) is 4.79 Å². The third-order valence-electron chi connectivity index (χ3n) is 9.67. The Morgan fingerprint density at radius 3 is 1.73 bits per heavy atom. The van der Waals surface area contributed by atoms with E-state index in [1.165, 1.54) is 26.9 Å². The Hall–Kier alpha value is -5.41. The standard InChI is InChI=1S/C45H38N2O/c1-44(2,3)36-25-31(26-37(42(36)48)45(4,5)6)32-17-10-11-18-34(32)41-40(30-13-8-7-9-14-30)46-43(47-41)35-24-22-29-20-19-27-15-12-16-28-21-23-33(35)39(29)38(27)28/h7-26H,1-6H3/b41-34-. The van der Waals surface area contributed by atoms with Crippen LogP contribution in [-0.4, -0.2) is 17.3 Å². The van der Waals surface area contributed by atoms with E-state index in [1.807, 2.05) is 18.2 Å². The predicted molar refractivity (Wildman–Crippen MR) is 202 cm³/mol. The number of Topliss-reactive ketones (excluding diaryl/α,β-unsaturated/α-hetero) is 1. The van der Waals surface area contributed by atoms with Crippen LogP contribution in [0.1, 0.15) is 52.7 Å². The maximum absolute atomic E-state index is 13.8. The fourth-order valence-corrected chi connectivity index (χ4v) is 7.22. The Balaban J connectivity index is 1.46. The van der Waals surface area contributed by atoms with Gasteiger partial charge >= 0.3 is 0 Å². The lowest BCUT2D eigenvalue weighted by atomic mass is 9.71. The quantitative estimate of drug-likeness (QED) is 0.178. The minimum absolute atomic E-state index is 0.130. The predicted octanol–water partition coefficient (Wildman–Crippen LogP) is 9.32. The second-order valence-corrected chi connectivity index (χ2v) is 15.0. The highest BCUT2D eigenvalue weighted by atomic mass is 16.1. The number of carbonyl (C=O) groups is 1. The van der Waals surface area contributed by atoms with E-state index in [9.17, 15) is 4.79 Å². The van der Waals surface area contributed by atoms with Crippen LogP contribution in [0.4, 0.5) is 0 Å². The first-order valence-corrected chi connectivity index (χ1v) is 16.7. The molecule has 0 atom stereocenters. The van der Waals surface area contributed by atoms with Crippen molar-refractivity contribution in [2.24, 2.45) is 20.8 Å². The molecule has 0 unspecified atom stereocenters. The lowest BCUT2D eigenvalue weighted by Crippen LogP contribution is -2.33. The van der Waals surface area contributed by atoms with Crippen molar-refractivity contribution >= 4 is 60.9 Å². The topological polar surface area (TPSA) is 41.8 Å². The number of hydrogen-bond donors (Lipinski definition) is 0. The van der Waals surface area contributed by atoms with Gasteiger partial charge in [0.1, 0.15) is 0 Å². The van der Waals surface area contributed by atoms with Gasteiger partial charge < -0.3 is 0 Å². The molecule has 6 aromatic carbocycles. The van der Waals surface area contributed by atoms with E-state index in [-0.39, 0.29) is 16.6 Å². The van der Waals surface area contributed by atoms with Gasteiger partial charge in [0.2, 0.25) is 0 Å². The fourth-order valence-electron chi connectivity index (χ4n) is 7.22. The maximum Gasteiger partial charge on any atom is 0.186 e. The summed E-state index contributed by atoms with van der Waals surface area (Å²) < 4.78 is 0. The van der Waals surface area contributed by atoms with Crippen molar-refractivity contribution in [3.63, 3.8) is 0 Å². The molecule has 0 amide bonds. The summed E-state index contributed by atoms with van der Waals surface area (Å²) in [6, 6.07) is 38.5. The van der Waals surface area contributed by atoms with Crippen LogP contribution in [0.15, 0.2) is 142 Å². The van der Waals surface area contributed by atoms with Crippen molar-refractivity contribution in [3.8, 4) is 0 Å². The van der Waals surface area contributed by atoms with E-state index in [2.05, 4.69) is 145 Å². The van der Waals surface area contributed by atoms with Crippen molar-refractivity contribution in [1.82, 2.24) is 0 Å². The lowest BCUT2D eigenvalue weighted by molar-refractivity contribution is -0.114. The van der Waals surface area contributed by atoms with Crippen molar-refractivity contribution in [2.75, 3.05) is 0 Å². The summed E-state index contributed by atoms with van der Waals surface area (Å²) in [4.78, 5) is 24.5. The molecule has 2 aliphatic rings. The van der Waals surface area contributed by atoms with E-state index in [4.69, 9.17) is 9.98 Å². The Morgan fingerprint density at radius 2 is 1.08 bits per heavy atom. The lowest BCUT2D eigenvalue weighted by Gasteiger charge is -2.31. The van der Waals surface area contributed by atoms with Gasteiger partial charge in [-0.2, -0.15) is 0 Å². The third-order valence-corrected chi connectivity index (χ3v) is 9.67. The molecule has 1 heterocycles. The van der Waals surface area contributed by atoms with Gasteiger partial charge in [0.15, 0.2) is 11.6 Å². The molecule has 0 aromatic heterocycles. The van der Waals surface area contributed by atoms with E-state index in [0.29, 0.717) is 5.84 Å². The SMILES string of the molecule is CC(C)(C)C1=CC(=c2cccc/c2=C2/N=C(c3ccc4ccc5cccc6ccc3c4c56)N=C2c2ccccc2)C=C(C(C)(C)C)C1=O. The Labute approximate surface area is 281 Å². The molecule has 0 N–H and O–H groups in total. The summed E-state index contributed by atoms with van der Waals surface area (Å²) in [7, 11) is 0. The third kappa shape index (κ3) is 4.85. The first kappa shape index (κ1) is 30.0. The van der Waals surface area contributed by atoms with Crippen LogP contribution in [0.3, 0.4) is 0 Å². The summed E-state index contributed by atoms with van der Waals surface area (Å²) in [6.45, 7) is 12.7. The molecule has 1 aliphatic heterocycles. The molecule has 48 heavy (non-hydrogen) atoms. The molecule has 0 saturated heterocycles. The van der Waals surface area contributed by atoms with E-state index < -0.39 is 0 Å². The second-order valence-electron chi connectivity index (χ2n) is 15.0. The number of hydrogen-bond acceptors (Lipinski definition) is 3. The molecule has 0 fully saturated rings. The first-order valence-electron chi connectivity index (χ1n) is 16.7. The van der Waals surface area contributed by atoms with Crippen LogP contribution in [0.2, 0.25) is 0 Å². The van der Waals surface area contributed by atoms with Gasteiger partial charge in [-0.3, -0.25) is 4.79 Å². The summed E-state index contributed by atoms with van der Waals surface area (Å²) in [6.07, 6.45) is 4.19. The smallest absolute Gasteiger partial charge is 0.186 e. The second kappa shape index (κ2) is 10.8. The molecule has 3 nitrogen and oxygen atoms in total. The number of rotatable bonds is 2. The highest BCUT2D eigenvalue weighted by Gasteiger charge is 2.34. The highest BCUT2D eigenvalue weighted by molar-refractivity contribution is 6.38. The van der Waals surface area contributed by atoms with Gasteiger partial charge in [-0.1, -0.05) is 145 Å². The summed E-state index contributed by atoms with van der Waals surface area (Å²) in [5.41, 5.74) is 5.76. The summed E-state index contributed by atoms with van der Waals surface area (Å²) >= 11 is 0. The van der Waals surface area contributed by atoms with Crippen molar-refractivity contribution in [1.29, 1.82) is 0 Å². The Kier molecular flexibility index (Phi) is 6.75. The number of aliphatic imine (C=N–C) groups is 2. The summed E-state index contributed by atoms with van der Waals surface area (Å²) in [5.74, 6) is 0.836. The van der Waals surface area contributed by atoms with Crippen LogP contribution in [0.25, 0.3) is 43.6 Å². The van der Waals surface area contributed by atoms with Gasteiger partial charge in [-0.15, -0.1) is 0 Å². The van der Waals surface area contributed by atoms with E-state index >= 15 is 0 Å². The zero-order valence-corrected chi connectivity index (χ0v) is 28.3. The van der Waals surface area contributed by atoms with E-state index in [1.54, 1.807) is 0 Å². The Bertz CT molecular complexity index is 2510. The van der Waals surface area contributed by atoms with Crippen molar-refractivity contribution in [2.45, 2.75) is 41.5 Å². The number of benzene rings is 6. The zero-order chi connectivity index (χ0) is 33.4. The molecule has 0 saturated carbocycles. The number of ketones is 1. The molecule has 0 radical (unpaired) electrons. The van der Waals surface area contributed by atoms with E-state index in [0.717, 1.165) is 55.1 Å². The normalized spacial score (nSPS) is 16.9. The summed E-state index contributed by atoms with van der Waals surface area (Å²) in [5, 5.41) is 9.39. The first-order chi connectivity index (χ1) is 23.0. The molecular formula is C45H38N2O. The molecular weight excluding hydrogens is 585 g/mol. The van der Waals surface area contributed by atoms with Crippen molar-refractivity contribution in [3.05, 3.63) is 154 Å². The minimum Gasteiger partial charge on any atom is -0.289 e. The van der Waals surface area contributed by atoms with Crippen LogP contribution < -0.4 is 10.4 Å². The largest absolute Gasteiger partial charge is 0.289 e. The average molecular weight is 623 g/mol. The number of nitrogens with zero attached hydrogens (tertiary/aromatic N) is 2. The molecule has 0 spiro atoms. The van der Waals surface area contributed by atoms with Crippen LogP contribution in [0.5, 0.6) is 0 Å². The van der Waals surface area contributed by atoms with Gasteiger partial charge in [0, 0.05) is 27.5 Å². The Morgan fingerprint density at radius 1 is 0.521 bits per heavy atom. The highest BCUT2D eigenvalue weighted by Crippen LogP contribution is 2.40. The van der Waals surface area contributed by atoms with Gasteiger partial charge in [0.05, 0.1) is 11.4 Å². The maximum atomic E-state index is 13.8. The zero-order valence-electron chi connectivity index (χ0n) is 28.3. The molecule has 3 heteroatoms. The number of carbonyl (C=O) groups excluding carboxylic acids is 1. The molecule has 6 aromatic rings. The molecule has 234 valence electrons. The molecule has 8 rings (SSSR count). The van der Waals surface area contributed by atoms with Gasteiger partial charge in [-0.05, 0) is 72.2 Å². The monoisotopic (exact) mass is 622 g/mol. The van der Waals surface area contributed by atoms with Crippen molar-refractivity contribution < 1.29 is 4.79 Å².